The highest BCUT2D eigenvalue weighted by molar-refractivity contribution is 5.87. The predicted octanol–water partition coefficient (Wildman–Crippen LogP) is 2.99. The lowest BCUT2D eigenvalue weighted by atomic mass is 10.0. The van der Waals surface area contributed by atoms with Gasteiger partial charge >= 0.3 is 5.97 Å². The van der Waals surface area contributed by atoms with Crippen molar-refractivity contribution in [3.05, 3.63) is 95.1 Å². The van der Waals surface area contributed by atoms with Crippen LogP contribution in [-0.4, -0.2) is 68.2 Å². The predicted molar refractivity (Wildman–Crippen MR) is 135 cm³/mol. The van der Waals surface area contributed by atoms with Crippen molar-refractivity contribution in [1.82, 2.24) is 4.90 Å². The zero-order valence-corrected chi connectivity index (χ0v) is 20.2. The minimum Gasteiger partial charge on any atom is -0.508 e. The molecular weight excluding hydrogens is 462 g/mol. The van der Waals surface area contributed by atoms with Crippen molar-refractivity contribution < 1.29 is 35.1 Å². The zero-order valence-electron chi connectivity index (χ0n) is 20.2. The number of ether oxygens (including phenoxy) is 1. The van der Waals surface area contributed by atoms with Crippen LogP contribution < -0.4 is 4.74 Å². The summed E-state index contributed by atoms with van der Waals surface area (Å²) in [6.07, 6.45) is -1.20. The second-order valence-corrected chi connectivity index (χ2v) is 8.85. The summed E-state index contributed by atoms with van der Waals surface area (Å²) in [5.74, 6) is -0.385. The summed E-state index contributed by atoms with van der Waals surface area (Å²) >= 11 is 0. The van der Waals surface area contributed by atoms with E-state index in [0.717, 1.165) is 5.56 Å². The van der Waals surface area contributed by atoms with E-state index in [4.69, 9.17) is 9.84 Å². The fourth-order valence-electron chi connectivity index (χ4n) is 3.99. The molecule has 0 spiro atoms. The topological polar surface area (TPSA) is 131 Å². The van der Waals surface area contributed by atoms with Crippen molar-refractivity contribution >= 4 is 5.97 Å². The second kappa shape index (κ2) is 13.0. The average Bonchev–Trinajstić information content (AvgIpc) is 2.88. The standard InChI is InChI=1S/C28H33NO7/c1-19(13-20-7-9-21(10-8-20)28(34)35)29(15-24(31)18-36-25-5-3-2-4-6-25)16-27(33)22-11-12-26(32)23(14-22)17-30/h2-12,14,19,24,27,30-33H,13,15-18H2,1H3,(H,34,35). The van der Waals surface area contributed by atoms with Crippen LogP contribution in [0.15, 0.2) is 72.8 Å². The normalized spacial score (nSPS) is 13.8. The van der Waals surface area contributed by atoms with Gasteiger partial charge in [-0.25, -0.2) is 4.79 Å². The number of benzene rings is 3. The van der Waals surface area contributed by atoms with E-state index >= 15 is 0 Å². The summed E-state index contributed by atoms with van der Waals surface area (Å²) in [7, 11) is 0. The summed E-state index contributed by atoms with van der Waals surface area (Å²) in [5, 5.41) is 50.1. The molecule has 0 aromatic heterocycles. The fraction of sp³-hybridized carbons (Fsp3) is 0.321. The highest BCUT2D eigenvalue weighted by Crippen LogP contribution is 2.24. The zero-order chi connectivity index (χ0) is 26.1. The largest absolute Gasteiger partial charge is 0.508 e. The van der Waals surface area contributed by atoms with Gasteiger partial charge < -0.3 is 30.3 Å². The Kier molecular flexibility index (Phi) is 9.84. The van der Waals surface area contributed by atoms with Crippen LogP contribution in [0.2, 0.25) is 0 Å². The van der Waals surface area contributed by atoms with Gasteiger partial charge in [0.15, 0.2) is 0 Å². The fourth-order valence-corrected chi connectivity index (χ4v) is 3.99. The molecule has 3 unspecified atom stereocenters. The van der Waals surface area contributed by atoms with Gasteiger partial charge in [-0.2, -0.15) is 0 Å². The molecule has 0 fully saturated rings. The van der Waals surface area contributed by atoms with E-state index in [2.05, 4.69) is 0 Å². The first-order valence-electron chi connectivity index (χ1n) is 11.8. The monoisotopic (exact) mass is 495 g/mol. The lowest BCUT2D eigenvalue weighted by Crippen LogP contribution is -2.44. The molecule has 5 N–H and O–H groups in total. The first kappa shape index (κ1) is 27.2. The molecule has 0 bridgehead atoms. The summed E-state index contributed by atoms with van der Waals surface area (Å²) in [5.41, 5.74) is 1.99. The summed E-state index contributed by atoms with van der Waals surface area (Å²) < 4.78 is 5.69. The number of hydrogen-bond donors (Lipinski definition) is 5. The van der Waals surface area contributed by atoms with Crippen LogP contribution in [0.4, 0.5) is 0 Å². The van der Waals surface area contributed by atoms with Crippen LogP contribution in [0.3, 0.4) is 0 Å². The van der Waals surface area contributed by atoms with Gasteiger partial charge in [0.1, 0.15) is 24.2 Å². The maximum Gasteiger partial charge on any atom is 0.335 e. The van der Waals surface area contributed by atoms with Crippen LogP contribution in [0.25, 0.3) is 0 Å². The molecule has 0 aliphatic carbocycles. The number of aliphatic hydroxyl groups is 3. The Labute approximate surface area is 210 Å². The number of carboxylic acids is 1. The maximum absolute atomic E-state index is 11.1. The van der Waals surface area contributed by atoms with E-state index in [1.54, 1.807) is 48.5 Å². The van der Waals surface area contributed by atoms with E-state index in [9.17, 15) is 25.2 Å². The van der Waals surface area contributed by atoms with Crippen LogP contribution >= 0.6 is 0 Å². The Morgan fingerprint density at radius 3 is 2.31 bits per heavy atom. The highest BCUT2D eigenvalue weighted by atomic mass is 16.5. The number of aromatic carboxylic acids is 1. The molecule has 0 aliphatic heterocycles. The molecule has 3 aromatic carbocycles. The maximum atomic E-state index is 11.1. The molecule has 192 valence electrons. The third-order valence-electron chi connectivity index (χ3n) is 6.05. The number of phenols is 1. The van der Waals surface area contributed by atoms with Crippen LogP contribution in [0.1, 0.15) is 40.1 Å². The molecule has 3 aromatic rings. The van der Waals surface area contributed by atoms with Gasteiger partial charge in [-0.1, -0.05) is 36.4 Å². The molecule has 8 heteroatoms. The molecule has 3 rings (SSSR count). The molecule has 0 amide bonds. The van der Waals surface area contributed by atoms with Gasteiger partial charge in [0.25, 0.3) is 0 Å². The van der Waals surface area contributed by atoms with Gasteiger partial charge in [0, 0.05) is 24.7 Å². The molecule has 36 heavy (non-hydrogen) atoms. The minimum atomic E-state index is -0.989. The van der Waals surface area contributed by atoms with Crippen molar-refractivity contribution in [3.63, 3.8) is 0 Å². The van der Waals surface area contributed by atoms with Gasteiger partial charge in [-0.3, -0.25) is 4.90 Å². The van der Waals surface area contributed by atoms with E-state index in [1.807, 2.05) is 30.0 Å². The lowest BCUT2D eigenvalue weighted by molar-refractivity contribution is 0.0290. The van der Waals surface area contributed by atoms with Gasteiger partial charge in [-0.15, -0.1) is 0 Å². The lowest BCUT2D eigenvalue weighted by Gasteiger charge is -2.33. The van der Waals surface area contributed by atoms with Gasteiger partial charge in [0.2, 0.25) is 0 Å². The number of para-hydroxylation sites is 1. The third-order valence-corrected chi connectivity index (χ3v) is 6.05. The Morgan fingerprint density at radius 2 is 1.67 bits per heavy atom. The van der Waals surface area contributed by atoms with Crippen LogP contribution in [0, 0.1) is 0 Å². The molecular formula is C28H33NO7. The van der Waals surface area contributed by atoms with Gasteiger partial charge in [-0.05, 0) is 60.9 Å². The van der Waals surface area contributed by atoms with Crippen molar-refractivity contribution in [2.75, 3.05) is 19.7 Å². The van der Waals surface area contributed by atoms with Crippen molar-refractivity contribution in [3.8, 4) is 11.5 Å². The summed E-state index contributed by atoms with van der Waals surface area (Å²) in [6.45, 7) is 2.10. The minimum absolute atomic E-state index is 0.0445. The van der Waals surface area contributed by atoms with E-state index in [0.29, 0.717) is 23.3 Å². The molecule has 0 radical (unpaired) electrons. The SMILES string of the molecule is CC(Cc1ccc(C(=O)O)cc1)N(CC(O)COc1ccccc1)CC(O)c1ccc(O)c(CO)c1. The first-order chi connectivity index (χ1) is 17.3. The number of aliphatic hydroxyl groups excluding tert-OH is 3. The Bertz CT molecular complexity index is 1100. The number of nitrogens with zero attached hydrogens (tertiary/aromatic N) is 1. The van der Waals surface area contributed by atoms with Crippen molar-refractivity contribution in [2.45, 2.75) is 38.2 Å². The number of carboxylic acid groups (broad SMARTS) is 1. The number of hydrogen-bond acceptors (Lipinski definition) is 7. The second-order valence-electron chi connectivity index (χ2n) is 8.85. The number of rotatable bonds is 13. The summed E-state index contributed by atoms with van der Waals surface area (Å²) in [4.78, 5) is 13.1. The van der Waals surface area contributed by atoms with E-state index < -0.39 is 18.2 Å². The average molecular weight is 496 g/mol. The third kappa shape index (κ3) is 7.79. The molecule has 0 heterocycles. The molecule has 0 saturated heterocycles. The number of carbonyl (C=O) groups is 1. The Balaban J connectivity index is 1.72. The van der Waals surface area contributed by atoms with Crippen LogP contribution in [-0.2, 0) is 13.0 Å². The highest BCUT2D eigenvalue weighted by Gasteiger charge is 2.23. The Hall–Kier alpha value is -3.43. The molecule has 0 aliphatic rings. The first-order valence-corrected chi connectivity index (χ1v) is 11.8. The molecule has 8 nitrogen and oxygen atoms in total. The Morgan fingerprint density at radius 1 is 0.972 bits per heavy atom. The van der Waals surface area contributed by atoms with Gasteiger partial charge in [0.05, 0.1) is 18.3 Å². The van der Waals surface area contributed by atoms with E-state index in [1.165, 1.54) is 6.07 Å². The van der Waals surface area contributed by atoms with Crippen molar-refractivity contribution in [2.24, 2.45) is 0 Å². The molecule has 0 saturated carbocycles. The number of aromatic hydroxyl groups is 1. The molecule has 3 atom stereocenters. The van der Waals surface area contributed by atoms with E-state index in [-0.39, 0.29) is 43.7 Å². The summed E-state index contributed by atoms with van der Waals surface area (Å²) in [6, 6.07) is 20.3. The van der Waals surface area contributed by atoms with Crippen LogP contribution in [0.5, 0.6) is 11.5 Å². The quantitative estimate of drug-likeness (QED) is 0.245. The smallest absolute Gasteiger partial charge is 0.335 e. The van der Waals surface area contributed by atoms with Crippen molar-refractivity contribution in [1.29, 1.82) is 0 Å².